The molecule has 1 spiro atoms. The van der Waals surface area contributed by atoms with E-state index in [1.165, 1.54) is 12.1 Å². The zero-order valence-corrected chi connectivity index (χ0v) is 15.7. The number of nitrogens with zero attached hydrogens (tertiary/aromatic N) is 1. The van der Waals surface area contributed by atoms with Gasteiger partial charge in [0.15, 0.2) is 11.6 Å². The number of halogens is 2. The van der Waals surface area contributed by atoms with Gasteiger partial charge in [-0.25, -0.2) is 13.6 Å². The van der Waals surface area contributed by atoms with Gasteiger partial charge in [-0.2, -0.15) is 0 Å². The van der Waals surface area contributed by atoms with Crippen LogP contribution in [0.1, 0.15) is 32.6 Å². The second kappa shape index (κ2) is 7.22. The van der Waals surface area contributed by atoms with Crippen LogP contribution in [0.25, 0.3) is 0 Å². The minimum absolute atomic E-state index is 0.0491. The molecule has 6 nitrogen and oxygen atoms in total. The van der Waals surface area contributed by atoms with Crippen molar-refractivity contribution in [2.24, 2.45) is 11.8 Å². The first-order valence-electron chi connectivity index (χ1n) is 9.71. The summed E-state index contributed by atoms with van der Waals surface area (Å²) in [5, 5.41) is 2.81. The summed E-state index contributed by atoms with van der Waals surface area (Å²) in [6, 6.07) is 3.29. The molecule has 0 bridgehead atoms. The van der Waals surface area contributed by atoms with Crippen LogP contribution < -0.4 is 10.1 Å². The van der Waals surface area contributed by atoms with Gasteiger partial charge in [-0.05, 0) is 50.7 Å². The first-order valence-corrected chi connectivity index (χ1v) is 9.71. The predicted octanol–water partition coefficient (Wildman–Crippen LogP) is 2.86. The standard InChI is InChI=1S/C20H24F2N2O4/c1-12(28-17-3-2-15(21)8-16(17)22)13-4-6-24(7-5-13)18(25)14-9-20(10-14)11-27-19(26)23-20/h2-3,8,12-14H,4-7,9-11H2,1H3,(H,23,26). The fourth-order valence-electron chi connectivity index (χ4n) is 4.49. The summed E-state index contributed by atoms with van der Waals surface area (Å²) < 4.78 is 37.4. The minimum atomic E-state index is -0.707. The molecule has 28 heavy (non-hydrogen) atoms. The lowest BCUT2D eigenvalue weighted by Gasteiger charge is -2.45. The molecule has 1 saturated carbocycles. The van der Waals surface area contributed by atoms with Crippen LogP contribution in [0.15, 0.2) is 18.2 Å². The molecule has 2 aliphatic heterocycles. The maximum absolute atomic E-state index is 13.8. The highest BCUT2D eigenvalue weighted by molar-refractivity contribution is 5.81. The second-order valence-electron chi connectivity index (χ2n) is 8.15. The molecule has 4 rings (SSSR count). The average molecular weight is 394 g/mol. The van der Waals surface area contributed by atoms with Gasteiger partial charge in [-0.1, -0.05) is 0 Å². The Morgan fingerprint density at radius 1 is 1.32 bits per heavy atom. The third kappa shape index (κ3) is 3.64. The van der Waals surface area contributed by atoms with Gasteiger partial charge < -0.3 is 19.7 Å². The number of likely N-dealkylation sites (tertiary alicyclic amines) is 1. The molecule has 0 radical (unpaired) electrons. The van der Waals surface area contributed by atoms with Crippen molar-refractivity contribution in [2.45, 2.75) is 44.2 Å². The Labute approximate surface area is 162 Å². The third-order valence-electron chi connectivity index (χ3n) is 6.19. The highest BCUT2D eigenvalue weighted by atomic mass is 19.1. The molecular formula is C20H24F2N2O4. The number of alkyl carbamates (subject to hydrolysis) is 1. The molecule has 1 unspecified atom stereocenters. The SMILES string of the molecule is CC(Oc1ccc(F)cc1F)C1CCN(C(=O)C2CC3(COC(=O)N3)C2)CC1. The molecular weight excluding hydrogens is 370 g/mol. The Bertz CT molecular complexity index is 773. The van der Waals surface area contributed by atoms with Crippen molar-refractivity contribution >= 4 is 12.0 Å². The van der Waals surface area contributed by atoms with Crippen LogP contribution in [0.5, 0.6) is 5.75 Å². The average Bonchev–Trinajstić information content (AvgIpc) is 3.04. The first kappa shape index (κ1) is 19.0. The van der Waals surface area contributed by atoms with Crippen molar-refractivity contribution in [3.05, 3.63) is 29.8 Å². The molecule has 8 heteroatoms. The van der Waals surface area contributed by atoms with Crippen molar-refractivity contribution in [3.63, 3.8) is 0 Å². The van der Waals surface area contributed by atoms with E-state index in [1.54, 1.807) is 0 Å². The summed E-state index contributed by atoms with van der Waals surface area (Å²) in [5.74, 6) is -1.03. The number of carbonyl (C=O) groups is 2. The number of benzene rings is 1. The number of rotatable bonds is 4. The number of hydrogen-bond donors (Lipinski definition) is 1. The van der Waals surface area contributed by atoms with Crippen molar-refractivity contribution in [1.29, 1.82) is 0 Å². The molecule has 0 aromatic heterocycles. The van der Waals surface area contributed by atoms with E-state index in [2.05, 4.69) is 5.32 Å². The lowest BCUT2D eigenvalue weighted by atomic mass is 9.68. The molecule has 3 fully saturated rings. The van der Waals surface area contributed by atoms with E-state index in [1.807, 2.05) is 11.8 Å². The number of hydrogen-bond acceptors (Lipinski definition) is 4. The summed E-state index contributed by atoms with van der Waals surface area (Å²) >= 11 is 0. The number of amides is 2. The molecule has 2 heterocycles. The lowest BCUT2D eigenvalue weighted by Crippen LogP contribution is -2.58. The number of piperidine rings is 1. The number of carbonyl (C=O) groups excluding carboxylic acids is 2. The summed E-state index contributed by atoms with van der Waals surface area (Å²) in [5.41, 5.74) is -0.350. The predicted molar refractivity (Wildman–Crippen MR) is 95.7 cm³/mol. The van der Waals surface area contributed by atoms with Gasteiger partial charge in [0.05, 0.1) is 11.6 Å². The van der Waals surface area contributed by atoms with E-state index in [0.29, 0.717) is 32.5 Å². The van der Waals surface area contributed by atoms with Crippen LogP contribution >= 0.6 is 0 Å². The molecule has 2 amide bonds. The van der Waals surface area contributed by atoms with E-state index in [4.69, 9.17) is 9.47 Å². The maximum Gasteiger partial charge on any atom is 0.407 e. The van der Waals surface area contributed by atoms with E-state index in [0.717, 1.165) is 18.9 Å². The van der Waals surface area contributed by atoms with Gasteiger partial charge in [0.1, 0.15) is 12.4 Å². The first-order chi connectivity index (χ1) is 13.3. The van der Waals surface area contributed by atoms with Crippen LogP contribution in [0.2, 0.25) is 0 Å². The Morgan fingerprint density at radius 2 is 2.04 bits per heavy atom. The number of nitrogens with one attached hydrogen (secondary N) is 1. The summed E-state index contributed by atoms with van der Waals surface area (Å²) in [6.07, 6.45) is 2.16. The van der Waals surface area contributed by atoms with Gasteiger partial charge in [-0.15, -0.1) is 0 Å². The Balaban J connectivity index is 1.25. The number of ether oxygens (including phenoxy) is 2. The van der Waals surface area contributed by atoms with Crippen LogP contribution in [0.3, 0.4) is 0 Å². The number of cyclic esters (lactones) is 1. The molecule has 1 aromatic rings. The van der Waals surface area contributed by atoms with Crippen molar-refractivity contribution in [1.82, 2.24) is 10.2 Å². The fourth-order valence-corrected chi connectivity index (χ4v) is 4.49. The molecule has 2 saturated heterocycles. The topological polar surface area (TPSA) is 67.9 Å². The second-order valence-corrected chi connectivity index (χ2v) is 8.15. The molecule has 1 aromatic carbocycles. The van der Waals surface area contributed by atoms with E-state index in [9.17, 15) is 18.4 Å². The van der Waals surface area contributed by atoms with Crippen molar-refractivity contribution < 1.29 is 27.8 Å². The van der Waals surface area contributed by atoms with Gasteiger partial charge in [0.25, 0.3) is 0 Å². The molecule has 152 valence electrons. The maximum atomic E-state index is 13.8. The van der Waals surface area contributed by atoms with E-state index < -0.39 is 17.7 Å². The smallest absolute Gasteiger partial charge is 0.407 e. The van der Waals surface area contributed by atoms with Crippen LogP contribution in [0, 0.1) is 23.5 Å². The van der Waals surface area contributed by atoms with Crippen LogP contribution in [-0.2, 0) is 9.53 Å². The van der Waals surface area contributed by atoms with Crippen LogP contribution in [0.4, 0.5) is 13.6 Å². The van der Waals surface area contributed by atoms with Gasteiger partial charge in [0.2, 0.25) is 5.91 Å². The zero-order valence-electron chi connectivity index (χ0n) is 15.7. The molecule has 1 N–H and O–H groups in total. The van der Waals surface area contributed by atoms with Crippen molar-refractivity contribution in [3.8, 4) is 5.75 Å². The summed E-state index contributed by atoms with van der Waals surface area (Å²) in [7, 11) is 0. The molecule has 1 atom stereocenters. The van der Waals surface area contributed by atoms with Gasteiger partial charge >= 0.3 is 6.09 Å². The van der Waals surface area contributed by atoms with Gasteiger partial charge in [-0.3, -0.25) is 4.79 Å². The van der Waals surface area contributed by atoms with E-state index >= 15 is 0 Å². The molecule has 1 aliphatic carbocycles. The normalized spacial score (nSPS) is 28.5. The van der Waals surface area contributed by atoms with Gasteiger partial charge in [0, 0.05) is 25.1 Å². The Morgan fingerprint density at radius 3 is 2.64 bits per heavy atom. The zero-order chi connectivity index (χ0) is 19.9. The van der Waals surface area contributed by atoms with Crippen LogP contribution in [-0.4, -0.2) is 48.2 Å². The quantitative estimate of drug-likeness (QED) is 0.853. The largest absolute Gasteiger partial charge is 0.487 e. The monoisotopic (exact) mass is 394 g/mol. The van der Waals surface area contributed by atoms with Crippen molar-refractivity contribution in [2.75, 3.05) is 19.7 Å². The Kier molecular flexibility index (Phi) is 4.89. The summed E-state index contributed by atoms with van der Waals surface area (Å²) in [6.45, 7) is 3.49. The Hall–Kier alpha value is -2.38. The molecule has 3 aliphatic rings. The summed E-state index contributed by atoms with van der Waals surface area (Å²) in [4.78, 5) is 25.8. The minimum Gasteiger partial charge on any atom is -0.487 e. The lowest BCUT2D eigenvalue weighted by molar-refractivity contribution is -0.143. The third-order valence-corrected chi connectivity index (χ3v) is 6.19. The van der Waals surface area contributed by atoms with E-state index in [-0.39, 0.29) is 35.1 Å². The highest BCUT2D eigenvalue weighted by Crippen LogP contribution is 2.42. The fraction of sp³-hybridized carbons (Fsp3) is 0.600. The highest BCUT2D eigenvalue weighted by Gasteiger charge is 2.53.